The summed E-state index contributed by atoms with van der Waals surface area (Å²) in [7, 11) is 0. The number of hydrogen-bond donors (Lipinski definition) is 3. The summed E-state index contributed by atoms with van der Waals surface area (Å²) in [5.41, 5.74) is 2.63. The Bertz CT molecular complexity index is 1210. The van der Waals surface area contributed by atoms with Crippen LogP contribution in [0, 0.1) is 5.92 Å². The molecule has 0 radical (unpaired) electrons. The Kier molecular flexibility index (Phi) is 4.78. The van der Waals surface area contributed by atoms with E-state index in [1.54, 1.807) is 24.3 Å². The molecule has 0 aliphatic rings. The summed E-state index contributed by atoms with van der Waals surface area (Å²) in [5.74, 6) is -0.449. The van der Waals surface area contributed by atoms with Crippen molar-refractivity contribution in [2.24, 2.45) is 5.92 Å². The first-order chi connectivity index (χ1) is 13.4. The van der Waals surface area contributed by atoms with E-state index >= 15 is 0 Å². The summed E-state index contributed by atoms with van der Waals surface area (Å²) in [4.78, 5) is 31.9. The van der Waals surface area contributed by atoms with Gasteiger partial charge in [-0.05, 0) is 42.5 Å². The highest BCUT2D eigenvalue weighted by Crippen LogP contribution is 2.29. The van der Waals surface area contributed by atoms with Crippen LogP contribution in [0.2, 0.25) is 5.02 Å². The minimum atomic E-state index is -0.254. The van der Waals surface area contributed by atoms with Crippen molar-refractivity contribution < 1.29 is 9.59 Å². The SMILES string of the molecule is CC(C)C(=O)Nc1nc2cc(NC(=O)c3cc4cc(Cl)ccc4[nH]3)ccc2s1. The molecular weight excluding hydrogens is 396 g/mol. The third-order valence-corrected chi connectivity index (χ3v) is 5.41. The predicted molar refractivity (Wildman–Crippen MR) is 114 cm³/mol. The standard InChI is InChI=1S/C20H17ClN4O2S/c1-10(2)18(26)25-20-24-15-9-13(4-6-17(15)28-20)22-19(27)16-8-11-7-12(21)3-5-14(11)23-16/h3-10,23H,1-2H3,(H,22,27)(H,24,25,26). The van der Waals surface area contributed by atoms with E-state index in [0.717, 1.165) is 15.6 Å². The van der Waals surface area contributed by atoms with Gasteiger partial charge in [-0.3, -0.25) is 9.59 Å². The Morgan fingerprint density at radius 2 is 1.93 bits per heavy atom. The van der Waals surface area contributed by atoms with Gasteiger partial charge in [0.2, 0.25) is 5.91 Å². The van der Waals surface area contributed by atoms with Gasteiger partial charge in [-0.25, -0.2) is 4.98 Å². The lowest BCUT2D eigenvalue weighted by Gasteiger charge is -2.03. The molecule has 8 heteroatoms. The van der Waals surface area contributed by atoms with Crippen molar-refractivity contribution in [3.63, 3.8) is 0 Å². The van der Waals surface area contributed by atoms with E-state index < -0.39 is 0 Å². The number of fused-ring (bicyclic) bond motifs is 2. The summed E-state index contributed by atoms with van der Waals surface area (Å²) in [6.07, 6.45) is 0. The van der Waals surface area contributed by atoms with Crippen LogP contribution in [0.1, 0.15) is 24.3 Å². The fourth-order valence-electron chi connectivity index (χ4n) is 2.73. The molecule has 0 unspecified atom stereocenters. The van der Waals surface area contributed by atoms with Gasteiger partial charge < -0.3 is 15.6 Å². The van der Waals surface area contributed by atoms with Gasteiger partial charge in [0.25, 0.3) is 5.91 Å². The van der Waals surface area contributed by atoms with Gasteiger partial charge in [-0.2, -0.15) is 0 Å². The lowest BCUT2D eigenvalue weighted by molar-refractivity contribution is -0.118. The van der Waals surface area contributed by atoms with Crippen molar-refractivity contribution in [2.45, 2.75) is 13.8 Å². The first-order valence-electron chi connectivity index (χ1n) is 8.70. The number of carbonyl (C=O) groups excluding carboxylic acids is 2. The second kappa shape index (κ2) is 7.26. The van der Waals surface area contributed by atoms with E-state index in [1.807, 2.05) is 32.0 Å². The van der Waals surface area contributed by atoms with Crippen LogP contribution >= 0.6 is 22.9 Å². The molecule has 0 saturated heterocycles. The minimum absolute atomic E-state index is 0.0773. The number of thiazole rings is 1. The van der Waals surface area contributed by atoms with Gasteiger partial charge in [0.05, 0.1) is 10.2 Å². The van der Waals surface area contributed by atoms with Crippen molar-refractivity contribution in [3.05, 3.63) is 53.2 Å². The van der Waals surface area contributed by atoms with Gasteiger partial charge in [-0.1, -0.05) is 36.8 Å². The molecule has 0 aliphatic heterocycles. The van der Waals surface area contributed by atoms with Crippen molar-refractivity contribution in [3.8, 4) is 0 Å². The molecule has 2 heterocycles. The maximum absolute atomic E-state index is 12.6. The van der Waals surface area contributed by atoms with Crippen LogP contribution in [-0.2, 0) is 4.79 Å². The Morgan fingerprint density at radius 1 is 1.11 bits per heavy atom. The zero-order valence-electron chi connectivity index (χ0n) is 15.2. The number of halogens is 1. The number of nitrogens with one attached hydrogen (secondary N) is 3. The molecule has 0 atom stereocenters. The van der Waals surface area contributed by atoms with E-state index in [9.17, 15) is 9.59 Å². The number of hydrogen-bond acceptors (Lipinski definition) is 4. The van der Waals surface area contributed by atoms with Crippen molar-refractivity contribution in [1.82, 2.24) is 9.97 Å². The summed E-state index contributed by atoms with van der Waals surface area (Å²) in [6, 6.07) is 12.6. The van der Waals surface area contributed by atoms with Crippen LogP contribution in [0.15, 0.2) is 42.5 Å². The fraction of sp³-hybridized carbons (Fsp3) is 0.150. The fourth-order valence-corrected chi connectivity index (χ4v) is 3.76. The molecule has 0 spiro atoms. The van der Waals surface area contributed by atoms with Crippen molar-refractivity contribution in [2.75, 3.05) is 10.6 Å². The number of H-pyrrole nitrogens is 1. The number of anilines is 2. The molecule has 0 saturated carbocycles. The Labute approximate surface area is 169 Å². The molecule has 2 aromatic heterocycles. The second-order valence-corrected chi connectivity index (χ2v) is 8.18. The lowest BCUT2D eigenvalue weighted by atomic mass is 10.2. The first kappa shape index (κ1) is 18.5. The maximum Gasteiger partial charge on any atom is 0.272 e. The normalized spacial score (nSPS) is 11.3. The van der Waals surface area contributed by atoms with E-state index in [0.29, 0.717) is 27.1 Å². The number of carbonyl (C=O) groups is 2. The van der Waals surface area contributed by atoms with Gasteiger partial charge in [0.15, 0.2) is 5.13 Å². The van der Waals surface area contributed by atoms with Gasteiger partial charge in [-0.15, -0.1) is 0 Å². The Morgan fingerprint density at radius 3 is 2.71 bits per heavy atom. The minimum Gasteiger partial charge on any atom is -0.351 e. The third-order valence-electron chi connectivity index (χ3n) is 4.23. The van der Waals surface area contributed by atoms with Crippen LogP contribution < -0.4 is 10.6 Å². The molecule has 2 amide bonds. The molecule has 2 aromatic carbocycles. The summed E-state index contributed by atoms with van der Waals surface area (Å²) >= 11 is 7.39. The van der Waals surface area contributed by atoms with Crippen LogP contribution in [0.5, 0.6) is 0 Å². The van der Waals surface area contributed by atoms with E-state index in [-0.39, 0.29) is 17.7 Å². The Hall–Kier alpha value is -2.90. The monoisotopic (exact) mass is 412 g/mol. The number of aromatic nitrogens is 2. The highest BCUT2D eigenvalue weighted by atomic mass is 35.5. The molecule has 0 bridgehead atoms. The maximum atomic E-state index is 12.6. The van der Waals surface area contributed by atoms with Gasteiger partial charge in [0.1, 0.15) is 5.69 Å². The largest absolute Gasteiger partial charge is 0.351 e. The van der Waals surface area contributed by atoms with Crippen LogP contribution in [0.3, 0.4) is 0 Å². The van der Waals surface area contributed by atoms with Crippen LogP contribution in [-0.4, -0.2) is 21.8 Å². The van der Waals surface area contributed by atoms with Crippen LogP contribution in [0.25, 0.3) is 21.1 Å². The van der Waals surface area contributed by atoms with E-state index in [4.69, 9.17) is 11.6 Å². The zero-order valence-corrected chi connectivity index (χ0v) is 16.7. The van der Waals surface area contributed by atoms with Crippen LogP contribution in [0.4, 0.5) is 10.8 Å². The molecule has 28 heavy (non-hydrogen) atoms. The van der Waals surface area contributed by atoms with Crippen molar-refractivity contribution >= 4 is 66.7 Å². The summed E-state index contributed by atoms with van der Waals surface area (Å²) in [6.45, 7) is 3.66. The highest BCUT2D eigenvalue weighted by Gasteiger charge is 2.13. The highest BCUT2D eigenvalue weighted by molar-refractivity contribution is 7.22. The number of nitrogens with zero attached hydrogens (tertiary/aromatic N) is 1. The molecule has 142 valence electrons. The number of amides is 2. The van der Waals surface area contributed by atoms with Gasteiger partial charge >= 0.3 is 0 Å². The topological polar surface area (TPSA) is 86.9 Å². The number of rotatable bonds is 4. The number of benzene rings is 2. The average molecular weight is 413 g/mol. The summed E-state index contributed by atoms with van der Waals surface area (Å²) < 4.78 is 0.928. The summed E-state index contributed by atoms with van der Waals surface area (Å²) in [5, 5.41) is 7.71. The predicted octanol–water partition coefficient (Wildman–Crippen LogP) is 5.28. The molecule has 4 rings (SSSR count). The van der Waals surface area contributed by atoms with E-state index in [1.165, 1.54) is 11.3 Å². The zero-order chi connectivity index (χ0) is 19.8. The van der Waals surface area contributed by atoms with Crippen molar-refractivity contribution in [1.29, 1.82) is 0 Å². The second-order valence-electron chi connectivity index (χ2n) is 6.71. The molecule has 3 N–H and O–H groups in total. The third kappa shape index (κ3) is 3.72. The van der Waals surface area contributed by atoms with E-state index in [2.05, 4.69) is 20.6 Å². The molecule has 4 aromatic rings. The molecule has 0 fully saturated rings. The number of aromatic amines is 1. The average Bonchev–Trinajstić information content (AvgIpc) is 3.24. The quantitative estimate of drug-likeness (QED) is 0.426. The lowest BCUT2D eigenvalue weighted by Crippen LogP contribution is -2.17. The Balaban J connectivity index is 1.54. The molecular formula is C20H17ClN4O2S. The first-order valence-corrected chi connectivity index (χ1v) is 9.89. The molecule has 6 nitrogen and oxygen atoms in total. The van der Waals surface area contributed by atoms with Gasteiger partial charge in [0, 0.05) is 27.5 Å². The smallest absolute Gasteiger partial charge is 0.272 e. The molecule has 0 aliphatic carbocycles.